The number of nitrogens with one attached hydrogen (secondary N) is 2. The molecule has 0 spiro atoms. The molecule has 19 heavy (non-hydrogen) atoms. The fraction of sp³-hybridized carbons (Fsp3) is 0.273. The molecule has 0 aliphatic carbocycles. The van der Waals surface area contributed by atoms with E-state index in [1.807, 2.05) is 6.92 Å². The Morgan fingerprint density at radius 2 is 2.42 bits per heavy atom. The molecule has 8 nitrogen and oxygen atoms in total. The molecule has 0 aliphatic heterocycles. The van der Waals surface area contributed by atoms with E-state index in [0.29, 0.717) is 13.1 Å². The molecule has 0 atom stereocenters. The molecule has 0 saturated heterocycles. The average molecular weight is 263 g/mol. The quantitative estimate of drug-likeness (QED) is 0.621. The summed E-state index contributed by atoms with van der Waals surface area (Å²) in [7, 11) is 0. The molecule has 2 heterocycles. The van der Waals surface area contributed by atoms with Gasteiger partial charge in [0, 0.05) is 30.9 Å². The molecule has 0 saturated carbocycles. The number of nitrogens with zero attached hydrogens (tertiary/aromatic N) is 3. The number of carbonyl (C=O) groups excluding carboxylic acids is 1. The van der Waals surface area contributed by atoms with Crippen LogP contribution in [0.5, 0.6) is 0 Å². The third-order valence-electron chi connectivity index (χ3n) is 2.67. The summed E-state index contributed by atoms with van der Waals surface area (Å²) in [6.45, 7) is 2.62. The van der Waals surface area contributed by atoms with Crippen molar-refractivity contribution in [1.29, 1.82) is 0 Å². The Bertz CT molecular complexity index is 588. The molecular weight excluding hydrogens is 250 g/mol. The number of carbonyl (C=O) groups is 1. The first kappa shape index (κ1) is 12.8. The van der Waals surface area contributed by atoms with Crippen LogP contribution in [0.25, 0.3) is 0 Å². The molecule has 0 radical (unpaired) electrons. The van der Waals surface area contributed by atoms with Crippen LogP contribution < -0.4 is 5.32 Å². The summed E-state index contributed by atoms with van der Waals surface area (Å²) < 4.78 is 1.54. The van der Waals surface area contributed by atoms with E-state index in [9.17, 15) is 14.9 Å². The SMILES string of the molecule is CCn1cc([N+](=O)[O-])cc1C(=O)NCc1cn[nH]c1. The van der Waals surface area contributed by atoms with E-state index in [-0.39, 0.29) is 17.3 Å². The van der Waals surface area contributed by atoms with Crippen LogP contribution in [0.4, 0.5) is 5.69 Å². The molecule has 0 aliphatic rings. The highest BCUT2D eigenvalue weighted by atomic mass is 16.6. The minimum Gasteiger partial charge on any atom is -0.347 e. The number of hydrogen-bond acceptors (Lipinski definition) is 4. The maximum absolute atomic E-state index is 12.0. The zero-order valence-electron chi connectivity index (χ0n) is 10.3. The fourth-order valence-corrected chi connectivity index (χ4v) is 1.69. The average Bonchev–Trinajstić information content (AvgIpc) is 3.04. The van der Waals surface area contributed by atoms with Gasteiger partial charge in [0.15, 0.2) is 0 Å². The molecule has 2 N–H and O–H groups in total. The second-order valence-corrected chi connectivity index (χ2v) is 3.92. The van der Waals surface area contributed by atoms with Crippen molar-refractivity contribution in [2.45, 2.75) is 20.0 Å². The summed E-state index contributed by atoms with van der Waals surface area (Å²) in [5.41, 5.74) is 1.02. The molecule has 0 fully saturated rings. The van der Waals surface area contributed by atoms with Gasteiger partial charge in [0.05, 0.1) is 17.3 Å². The molecule has 2 rings (SSSR count). The van der Waals surface area contributed by atoms with E-state index in [1.165, 1.54) is 12.3 Å². The highest BCUT2D eigenvalue weighted by Gasteiger charge is 2.18. The second kappa shape index (κ2) is 5.34. The lowest BCUT2D eigenvalue weighted by Crippen LogP contribution is -2.25. The van der Waals surface area contributed by atoms with Gasteiger partial charge < -0.3 is 9.88 Å². The van der Waals surface area contributed by atoms with Crippen molar-refractivity contribution in [2.75, 3.05) is 0 Å². The maximum Gasteiger partial charge on any atom is 0.287 e. The number of H-pyrrole nitrogens is 1. The van der Waals surface area contributed by atoms with Gasteiger partial charge in [-0.15, -0.1) is 0 Å². The zero-order chi connectivity index (χ0) is 13.8. The van der Waals surface area contributed by atoms with Gasteiger partial charge >= 0.3 is 0 Å². The van der Waals surface area contributed by atoms with E-state index in [4.69, 9.17) is 0 Å². The van der Waals surface area contributed by atoms with Crippen molar-refractivity contribution >= 4 is 11.6 Å². The number of hydrogen-bond donors (Lipinski definition) is 2. The predicted octanol–water partition coefficient (Wildman–Crippen LogP) is 1.07. The molecule has 100 valence electrons. The summed E-state index contributed by atoms with van der Waals surface area (Å²) in [4.78, 5) is 22.2. The lowest BCUT2D eigenvalue weighted by Gasteiger charge is -2.05. The van der Waals surface area contributed by atoms with Crippen LogP contribution in [0.2, 0.25) is 0 Å². The predicted molar refractivity (Wildman–Crippen MR) is 66.5 cm³/mol. The van der Waals surface area contributed by atoms with Crippen LogP contribution in [-0.4, -0.2) is 25.6 Å². The Hall–Kier alpha value is -2.64. The molecule has 0 bridgehead atoms. The number of nitro groups is 1. The van der Waals surface area contributed by atoms with Crippen LogP contribution in [0.15, 0.2) is 24.7 Å². The molecule has 2 aromatic rings. The normalized spacial score (nSPS) is 10.4. The number of aryl methyl sites for hydroxylation is 1. The van der Waals surface area contributed by atoms with Crippen LogP contribution >= 0.6 is 0 Å². The number of aromatic amines is 1. The van der Waals surface area contributed by atoms with E-state index < -0.39 is 4.92 Å². The maximum atomic E-state index is 12.0. The standard InChI is InChI=1S/C11H13N5O3/c1-2-15-7-9(16(18)19)3-10(15)11(17)12-4-8-5-13-14-6-8/h3,5-7H,2,4H2,1H3,(H,12,17)(H,13,14). The third-order valence-corrected chi connectivity index (χ3v) is 2.67. The van der Waals surface area contributed by atoms with Gasteiger partial charge in [-0.25, -0.2) is 0 Å². The number of aromatic nitrogens is 3. The Balaban J connectivity index is 2.11. The Kier molecular flexibility index (Phi) is 3.60. The van der Waals surface area contributed by atoms with Crippen molar-refractivity contribution in [1.82, 2.24) is 20.1 Å². The number of rotatable bonds is 5. The minimum absolute atomic E-state index is 0.0877. The van der Waals surface area contributed by atoms with E-state index in [1.54, 1.807) is 17.0 Å². The van der Waals surface area contributed by atoms with Gasteiger partial charge in [-0.1, -0.05) is 0 Å². The van der Waals surface area contributed by atoms with Gasteiger partial charge in [0.25, 0.3) is 11.6 Å². The number of amides is 1. The molecule has 8 heteroatoms. The Morgan fingerprint density at radius 3 is 3.00 bits per heavy atom. The molecule has 2 aromatic heterocycles. The van der Waals surface area contributed by atoms with Crippen molar-refractivity contribution in [3.8, 4) is 0 Å². The summed E-state index contributed by atoms with van der Waals surface area (Å²) in [5.74, 6) is -0.351. The largest absolute Gasteiger partial charge is 0.347 e. The van der Waals surface area contributed by atoms with Gasteiger partial charge in [0.1, 0.15) is 5.69 Å². The first-order valence-corrected chi connectivity index (χ1v) is 5.72. The lowest BCUT2D eigenvalue weighted by atomic mass is 10.3. The van der Waals surface area contributed by atoms with Gasteiger partial charge in [0.2, 0.25) is 0 Å². The van der Waals surface area contributed by atoms with Crippen molar-refractivity contribution < 1.29 is 9.72 Å². The fourth-order valence-electron chi connectivity index (χ4n) is 1.69. The third kappa shape index (κ3) is 2.79. The Morgan fingerprint density at radius 1 is 1.63 bits per heavy atom. The molecule has 1 amide bonds. The zero-order valence-corrected chi connectivity index (χ0v) is 10.3. The summed E-state index contributed by atoms with van der Waals surface area (Å²) in [6.07, 6.45) is 4.62. The minimum atomic E-state index is -0.515. The smallest absolute Gasteiger partial charge is 0.287 e. The monoisotopic (exact) mass is 263 g/mol. The molecular formula is C11H13N5O3. The summed E-state index contributed by atoms with van der Waals surface area (Å²) >= 11 is 0. The van der Waals surface area contributed by atoms with Gasteiger partial charge in [-0.2, -0.15) is 5.10 Å². The van der Waals surface area contributed by atoms with Crippen molar-refractivity contribution in [3.05, 3.63) is 46.0 Å². The van der Waals surface area contributed by atoms with E-state index >= 15 is 0 Å². The molecule has 0 aromatic carbocycles. The first-order valence-electron chi connectivity index (χ1n) is 5.72. The Labute approximate surface area is 108 Å². The van der Waals surface area contributed by atoms with Crippen molar-refractivity contribution in [2.24, 2.45) is 0 Å². The van der Waals surface area contributed by atoms with Crippen LogP contribution in [0.3, 0.4) is 0 Å². The van der Waals surface area contributed by atoms with E-state index in [2.05, 4.69) is 15.5 Å². The lowest BCUT2D eigenvalue weighted by molar-refractivity contribution is -0.384. The topological polar surface area (TPSA) is 106 Å². The summed E-state index contributed by atoms with van der Waals surface area (Å²) in [5, 5.41) is 19.8. The van der Waals surface area contributed by atoms with Crippen LogP contribution in [-0.2, 0) is 13.1 Å². The molecule has 0 unspecified atom stereocenters. The van der Waals surface area contributed by atoms with E-state index in [0.717, 1.165) is 5.56 Å². The second-order valence-electron chi connectivity index (χ2n) is 3.92. The van der Waals surface area contributed by atoms with Gasteiger partial charge in [-0.05, 0) is 6.92 Å². The highest BCUT2D eigenvalue weighted by molar-refractivity contribution is 5.93. The highest BCUT2D eigenvalue weighted by Crippen LogP contribution is 2.16. The first-order chi connectivity index (χ1) is 9.11. The van der Waals surface area contributed by atoms with Crippen molar-refractivity contribution in [3.63, 3.8) is 0 Å². The van der Waals surface area contributed by atoms with Gasteiger partial charge in [-0.3, -0.25) is 20.0 Å². The van der Waals surface area contributed by atoms with Crippen LogP contribution in [0.1, 0.15) is 23.0 Å². The van der Waals surface area contributed by atoms with Crippen LogP contribution in [0, 0.1) is 10.1 Å². The summed E-state index contributed by atoms with van der Waals surface area (Å²) in [6, 6.07) is 1.27.